The number of carbonyl (C=O) groups excluding carboxylic acids is 1. The second kappa shape index (κ2) is 8.51. The summed E-state index contributed by atoms with van der Waals surface area (Å²) in [5, 5.41) is 0. The number of hydrogen-bond acceptors (Lipinski definition) is 4. The van der Waals surface area contributed by atoms with E-state index in [0.29, 0.717) is 18.1 Å². The minimum Gasteiger partial charge on any atom is -0.377 e. The van der Waals surface area contributed by atoms with Crippen molar-refractivity contribution in [2.75, 3.05) is 26.2 Å². The number of nitrogens with one attached hydrogen (secondary N) is 1. The summed E-state index contributed by atoms with van der Waals surface area (Å²) in [5.74, 6) is 1.30. The van der Waals surface area contributed by atoms with E-state index in [1.54, 1.807) is 18.2 Å². The van der Waals surface area contributed by atoms with Gasteiger partial charge in [0.25, 0.3) is 5.91 Å². The molecular formula is C21H30N2O4S. The molecule has 1 N–H and O–H groups in total. The fourth-order valence-electron chi connectivity index (χ4n) is 4.86. The number of carbonyl (C=O) groups is 1. The van der Waals surface area contributed by atoms with Crippen molar-refractivity contribution in [2.45, 2.75) is 55.9 Å². The zero-order valence-electron chi connectivity index (χ0n) is 16.3. The van der Waals surface area contributed by atoms with Gasteiger partial charge in [-0.1, -0.05) is 25.3 Å². The van der Waals surface area contributed by atoms with E-state index in [1.807, 2.05) is 4.90 Å². The zero-order chi connectivity index (χ0) is 19.6. The van der Waals surface area contributed by atoms with Crippen molar-refractivity contribution in [1.29, 1.82) is 0 Å². The van der Waals surface area contributed by atoms with Crippen molar-refractivity contribution in [3.8, 4) is 0 Å². The van der Waals surface area contributed by atoms with Gasteiger partial charge in [-0.3, -0.25) is 4.79 Å². The summed E-state index contributed by atoms with van der Waals surface area (Å²) in [4.78, 5) is 15.1. The standard InChI is InChI=1S/C21H30N2O4S/c24-21(23-11-10-16-5-1-2-6-18(16)15-23)17-7-3-9-20(13-17)28(25,26)22-14-19-8-4-12-27-19/h3,7,9,13,16,18-19,22H,1-2,4-6,8,10-12,14-15H2/t16-,18+,19+/m0/s1. The van der Waals surface area contributed by atoms with E-state index in [9.17, 15) is 13.2 Å². The molecule has 6 nitrogen and oxygen atoms in total. The number of hydrogen-bond donors (Lipinski definition) is 1. The third-order valence-corrected chi connectivity index (χ3v) is 7.92. The first-order chi connectivity index (χ1) is 13.5. The Kier molecular flexibility index (Phi) is 6.04. The molecule has 1 amide bonds. The molecular weight excluding hydrogens is 376 g/mol. The first kappa shape index (κ1) is 19.9. The summed E-state index contributed by atoms with van der Waals surface area (Å²) in [6, 6.07) is 6.42. The predicted octanol–water partition coefficient (Wildman–Crippen LogP) is 2.80. The molecule has 2 heterocycles. The van der Waals surface area contributed by atoms with Crippen molar-refractivity contribution < 1.29 is 17.9 Å². The average Bonchev–Trinajstić information content (AvgIpc) is 3.25. The topological polar surface area (TPSA) is 75.7 Å². The molecule has 0 spiro atoms. The lowest BCUT2D eigenvalue weighted by Crippen LogP contribution is -2.44. The first-order valence-electron chi connectivity index (χ1n) is 10.5. The van der Waals surface area contributed by atoms with Crippen LogP contribution in [0.2, 0.25) is 0 Å². The Bertz CT molecular complexity index is 804. The van der Waals surface area contributed by atoms with Crippen LogP contribution in [0.25, 0.3) is 0 Å². The minimum atomic E-state index is -3.65. The molecule has 2 saturated heterocycles. The largest absolute Gasteiger partial charge is 0.377 e. The van der Waals surface area contributed by atoms with Gasteiger partial charge in [-0.25, -0.2) is 13.1 Å². The summed E-state index contributed by atoms with van der Waals surface area (Å²) >= 11 is 0. The van der Waals surface area contributed by atoms with E-state index in [0.717, 1.165) is 38.3 Å². The molecule has 3 atom stereocenters. The third kappa shape index (κ3) is 4.42. The predicted molar refractivity (Wildman–Crippen MR) is 107 cm³/mol. The normalized spacial score (nSPS) is 28.1. The Labute approximate surface area is 167 Å². The molecule has 154 valence electrons. The van der Waals surface area contributed by atoms with Crippen LogP contribution in [0.1, 0.15) is 55.3 Å². The highest BCUT2D eigenvalue weighted by Gasteiger charge is 2.33. The molecule has 0 aromatic heterocycles. The molecule has 1 aromatic rings. The lowest BCUT2D eigenvalue weighted by atomic mass is 9.75. The molecule has 2 aliphatic heterocycles. The van der Waals surface area contributed by atoms with Crippen molar-refractivity contribution in [1.82, 2.24) is 9.62 Å². The first-order valence-corrected chi connectivity index (χ1v) is 12.0. The van der Waals surface area contributed by atoms with Crippen LogP contribution >= 0.6 is 0 Å². The van der Waals surface area contributed by atoms with E-state index < -0.39 is 10.0 Å². The maximum absolute atomic E-state index is 13.0. The summed E-state index contributed by atoms with van der Waals surface area (Å²) in [7, 11) is -3.65. The van der Waals surface area contributed by atoms with Gasteiger partial charge < -0.3 is 9.64 Å². The van der Waals surface area contributed by atoms with Gasteiger partial charge in [0.1, 0.15) is 0 Å². The van der Waals surface area contributed by atoms with E-state index in [-0.39, 0.29) is 23.5 Å². The molecule has 3 aliphatic rings. The lowest BCUT2D eigenvalue weighted by molar-refractivity contribution is 0.0520. The molecule has 7 heteroatoms. The highest BCUT2D eigenvalue weighted by molar-refractivity contribution is 7.89. The number of amides is 1. The van der Waals surface area contributed by atoms with E-state index >= 15 is 0 Å². The summed E-state index contributed by atoms with van der Waals surface area (Å²) < 4.78 is 33.4. The molecule has 0 bridgehead atoms. The second-order valence-corrected chi connectivity index (χ2v) is 10.1. The van der Waals surface area contributed by atoms with Gasteiger partial charge in [-0.2, -0.15) is 0 Å². The van der Waals surface area contributed by atoms with E-state index in [1.165, 1.54) is 31.7 Å². The lowest BCUT2D eigenvalue weighted by Gasteiger charge is -2.41. The Hall–Kier alpha value is -1.44. The van der Waals surface area contributed by atoms with Crippen LogP contribution in [0.15, 0.2) is 29.2 Å². The average molecular weight is 407 g/mol. The number of fused-ring (bicyclic) bond motifs is 1. The van der Waals surface area contributed by atoms with Gasteiger partial charge >= 0.3 is 0 Å². The van der Waals surface area contributed by atoms with Gasteiger partial charge in [0.2, 0.25) is 10.0 Å². The Morgan fingerprint density at radius 3 is 2.71 bits per heavy atom. The number of sulfonamides is 1. The fourth-order valence-corrected chi connectivity index (χ4v) is 5.97. The van der Waals surface area contributed by atoms with Crippen molar-refractivity contribution in [2.24, 2.45) is 11.8 Å². The molecule has 4 rings (SSSR count). The van der Waals surface area contributed by atoms with Gasteiger partial charge in [0.15, 0.2) is 0 Å². The van der Waals surface area contributed by atoms with Crippen LogP contribution in [0.4, 0.5) is 0 Å². The molecule has 1 aliphatic carbocycles. The second-order valence-electron chi connectivity index (χ2n) is 8.36. The van der Waals surface area contributed by atoms with Crippen molar-refractivity contribution >= 4 is 15.9 Å². The SMILES string of the molecule is O=C(c1cccc(S(=O)(=O)NC[C@H]2CCCO2)c1)N1CC[C@@H]2CCCC[C@@H]2C1. The number of rotatable bonds is 5. The monoisotopic (exact) mass is 406 g/mol. The van der Waals surface area contributed by atoms with Crippen LogP contribution in [0.5, 0.6) is 0 Å². The Morgan fingerprint density at radius 2 is 1.93 bits per heavy atom. The minimum absolute atomic E-state index is 0.0554. The third-order valence-electron chi connectivity index (χ3n) is 6.49. The van der Waals surface area contributed by atoms with Crippen LogP contribution in [0.3, 0.4) is 0 Å². The van der Waals surface area contributed by atoms with Crippen LogP contribution < -0.4 is 4.72 Å². The molecule has 28 heavy (non-hydrogen) atoms. The Morgan fingerprint density at radius 1 is 1.11 bits per heavy atom. The molecule has 3 fully saturated rings. The molecule has 1 aromatic carbocycles. The summed E-state index contributed by atoms with van der Waals surface area (Å²) in [6.07, 6.45) is 7.91. The Balaban J connectivity index is 1.43. The maximum atomic E-state index is 13.0. The number of benzene rings is 1. The highest BCUT2D eigenvalue weighted by atomic mass is 32.2. The molecule has 0 radical (unpaired) electrons. The van der Waals surface area contributed by atoms with E-state index in [4.69, 9.17) is 4.74 Å². The highest BCUT2D eigenvalue weighted by Crippen LogP contribution is 2.36. The maximum Gasteiger partial charge on any atom is 0.253 e. The summed E-state index contributed by atoms with van der Waals surface area (Å²) in [6.45, 7) is 2.54. The van der Waals surface area contributed by atoms with Crippen LogP contribution in [-0.2, 0) is 14.8 Å². The van der Waals surface area contributed by atoms with Gasteiger partial charge in [0, 0.05) is 31.8 Å². The van der Waals surface area contributed by atoms with Crippen LogP contribution in [-0.4, -0.2) is 51.6 Å². The van der Waals surface area contributed by atoms with Crippen LogP contribution in [0, 0.1) is 11.8 Å². The number of likely N-dealkylation sites (tertiary alicyclic amines) is 1. The zero-order valence-corrected chi connectivity index (χ0v) is 17.1. The smallest absolute Gasteiger partial charge is 0.253 e. The molecule has 1 saturated carbocycles. The number of piperidine rings is 1. The molecule has 0 unspecified atom stereocenters. The number of nitrogens with zero attached hydrogens (tertiary/aromatic N) is 1. The number of ether oxygens (including phenoxy) is 1. The van der Waals surface area contributed by atoms with Crippen molar-refractivity contribution in [3.05, 3.63) is 29.8 Å². The van der Waals surface area contributed by atoms with E-state index in [2.05, 4.69) is 4.72 Å². The quantitative estimate of drug-likeness (QED) is 0.816. The van der Waals surface area contributed by atoms with Crippen molar-refractivity contribution in [3.63, 3.8) is 0 Å². The fraction of sp³-hybridized carbons (Fsp3) is 0.667. The van der Waals surface area contributed by atoms with Gasteiger partial charge in [0.05, 0.1) is 11.0 Å². The summed E-state index contributed by atoms with van der Waals surface area (Å²) in [5.41, 5.74) is 0.453. The van der Waals surface area contributed by atoms with Gasteiger partial charge in [-0.15, -0.1) is 0 Å². The van der Waals surface area contributed by atoms with Gasteiger partial charge in [-0.05, 0) is 55.7 Å².